The molecular weight excluding hydrogens is 859 g/mol. The molecule has 0 amide bonds. The van der Waals surface area contributed by atoms with Gasteiger partial charge in [-0.15, -0.1) is 0 Å². The van der Waals surface area contributed by atoms with Gasteiger partial charge in [0.05, 0.1) is 28.1 Å². The number of nitrogens with zero attached hydrogens (tertiary/aromatic N) is 5. The van der Waals surface area contributed by atoms with E-state index in [1.54, 1.807) is 0 Å². The largest absolute Gasteiger partial charge is 0.454 e. The van der Waals surface area contributed by atoms with Gasteiger partial charge in [-0.1, -0.05) is 170 Å². The van der Waals surface area contributed by atoms with Crippen molar-refractivity contribution in [1.82, 2.24) is 19.5 Å². The van der Waals surface area contributed by atoms with Crippen LogP contribution >= 0.6 is 0 Å². The van der Waals surface area contributed by atoms with Crippen LogP contribution in [0.1, 0.15) is 0 Å². The zero-order valence-corrected chi connectivity index (χ0v) is 37.6. The number of hydrogen-bond donors (Lipinski definition) is 0. The highest BCUT2D eigenvalue weighted by molar-refractivity contribution is 6.12. The molecule has 0 bridgehead atoms. The molecule has 3 aromatic heterocycles. The molecule has 14 rings (SSSR count). The van der Waals surface area contributed by atoms with E-state index in [2.05, 4.69) is 155 Å². The molecule has 0 aliphatic carbocycles. The molecule has 0 N–H and O–H groups in total. The van der Waals surface area contributed by atoms with Crippen LogP contribution in [0.15, 0.2) is 241 Å². The van der Waals surface area contributed by atoms with Crippen LogP contribution in [0.2, 0.25) is 0 Å². The molecule has 4 heterocycles. The van der Waals surface area contributed by atoms with Crippen molar-refractivity contribution in [1.29, 1.82) is 0 Å². The van der Waals surface area contributed by atoms with E-state index in [4.69, 9.17) is 24.1 Å². The first-order valence-corrected chi connectivity index (χ1v) is 23.4. The molecule has 10 aromatic carbocycles. The second-order valence-electron chi connectivity index (χ2n) is 17.6. The van der Waals surface area contributed by atoms with Crippen molar-refractivity contribution >= 4 is 60.8 Å². The van der Waals surface area contributed by atoms with Gasteiger partial charge in [0.15, 0.2) is 34.6 Å². The van der Waals surface area contributed by atoms with Crippen LogP contribution in [0.25, 0.3) is 106 Å². The molecule has 70 heavy (non-hydrogen) atoms. The summed E-state index contributed by atoms with van der Waals surface area (Å²) in [7, 11) is 0. The van der Waals surface area contributed by atoms with Crippen molar-refractivity contribution in [3.63, 3.8) is 0 Å². The lowest BCUT2D eigenvalue weighted by Gasteiger charge is -2.33. The van der Waals surface area contributed by atoms with E-state index in [-0.39, 0.29) is 0 Å². The van der Waals surface area contributed by atoms with Gasteiger partial charge in [-0.3, -0.25) is 4.90 Å². The van der Waals surface area contributed by atoms with Gasteiger partial charge in [0.25, 0.3) is 0 Å². The van der Waals surface area contributed by atoms with Crippen LogP contribution in [0.5, 0.6) is 11.5 Å². The van der Waals surface area contributed by atoms with Crippen LogP contribution in [0.4, 0.5) is 17.1 Å². The number of aromatic nitrogens is 4. The highest BCUT2D eigenvalue weighted by Crippen LogP contribution is 2.53. The molecule has 0 atom stereocenters. The fraction of sp³-hybridized carbons (Fsp3) is 0. The van der Waals surface area contributed by atoms with Gasteiger partial charge >= 0.3 is 0 Å². The molecule has 1 aliphatic heterocycles. The lowest BCUT2D eigenvalue weighted by atomic mass is 9.97. The summed E-state index contributed by atoms with van der Waals surface area (Å²) >= 11 is 0. The number of benzene rings is 10. The van der Waals surface area contributed by atoms with Crippen molar-refractivity contribution in [3.8, 4) is 73.6 Å². The lowest BCUT2D eigenvalue weighted by Crippen LogP contribution is -2.16. The minimum atomic E-state index is 0.612. The molecule has 328 valence electrons. The minimum absolute atomic E-state index is 0.612. The van der Waals surface area contributed by atoms with Gasteiger partial charge in [0.2, 0.25) is 0 Å². The first kappa shape index (κ1) is 39.6. The fourth-order valence-corrected chi connectivity index (χ4v) is 10.1. The molecule has 0 saturated heterocycles. The van der Waals surface area contributed by atoms with Crippen LogP contribution < -0.4 is 9.64 Å². The van der Waals surface area contributed by atoms with E-state index < -0.39 is 0 Å². The normalized spacial score (nSPS) is 12.1. The standard InChI is InChI=1S/C63H39N5O2/c1-3-16-40(17-4-1)61-64-62(41-18-5-2-6-19-41)66-63(65-61)46-22-14-23-47(37-46)67-52-27-9-7-24-48(52)49-34-32-44(38-56(49)67)42-20-13-21-43(36-42)45-33-35-54-59(39-45)69-58-31-12-10-28-53(58)68(54)55-29-15-26-51-50-25-8-11-30-57(50)70-60(51)55/h1-39H. The molecule has 0 spiro atoms. The molecular formula is C63H39N5O2. The van der Waals surface area contributed by atoms with E-state index in [9.17, 15) is 0 Å². The van der Waals surface area contributed by atoms with E-state index in [0.29, 0.717) is 17.5 Å². The molecule has 0 radical (unpaired) electrons. The smallest absolute Gasteiger partial charge is 0.164 e. The summed E-state index contributed by atoms with van der Waals surface area (Å²) < 4.78 is 15.6. The van der Waals surface area contributed by atoms with Gasteiger partial charge < -0.3 is 13.7 Å². The Hall–Kier alpha value is -9.59. The Balaban J connectivity index is 0.854. The summed E-state index contributed by atoms with van der Waals surface area (Å²) in [5.41, 5.74) is 14.9. The number of furan rings is 1. The minimum Gasteiger partial charge on any atom is -0.454 e. The summed E-state index contributed by atoms with van der Waals surface area (Å²) in [6, 6.07) is 82.2. The summed E-state index contributed by atoms with van der Waals surface area (Å²) in [5.74, 6) is 3.43. The van der Waals surface area contributed by atoms with Crippen molar-refractivity contribution in [2.75, 3.05) is 4.90 Å². The average molecular weight is 898 g/mol. The average Bonchev–Trinajstić information content (AvgIpc) is 3.98. The molecule has 0 unspecified atom stereocenters. The Morgan fingerprint density at radius 2 is 0.857 bits per heavy atom. The fourth-order valence-electron chi connectivity index (χ4n) is 10.1. The Kier molecular flexibility index (Phi) is 9.07. The molecule has 0 fully saturated rings. The van der Waals surface area contributed by atoms with E-state index >= 15 is 0 Å². The van der Waals surface area contributed by atoms with Crippen LogP contribution in [0, 0.1) is 0 Å². The molecule has 0 saturated carbocycles. The number of rotatable bonds is 7. The van der Waals surface area contributed by atoms with Gasteiger partial charge in [0.1, 0.15) is 5.58 Å². The van der Waals surface area contributed by atoms with Crippen LogP contribution in [-0.2, 0) is 0 Å². The third-order valence-electron chi connectivity index (χ3n) is 13.4. The second-order valence-corrected chi connectivity index (χ2v) is 17.6. The van der Waals surface area contributed by atoms with Gasteiger partial charge in [-0.2, -0.15) is 0 Å². The van der Waals surface area contributed by atoms with E-state index in [0.717, 1.165) is 106 Å². The first-order valence-electron chi connectivity index (χ1n) is 23.4. The van der Waals surface area contributed by atoms with Crippen LogP contribution in [0.3, 0.4) is 0 Å². The van der Waals surface area contributed by atoms with E-state index in [1.807, 2.05) is 91.0 Å². The number of ether oxygens (including phenoxy) is 1. The maximum Gasteiger partial charge on any atom is 0.164 e. The molecule has 7 heteroatoms. The monoisotopic (exact) mass is 897 g/mol. The van der Waals surface area contributed by atoms with Crippen molar-refractivity contribution < 1.29 is 9.15 Å². The third kappa shape index (κ3) is 6.55. The maximum atomic E-state index is 6.71. The van der Waals surface area contributed by atoms with Crippen molar-refractivity contribution in [3.05, 3.63) is 237 Å². The quantitative estimate of drug-likeness (QED) is 0.159. The highest BCUT2D eigenvalue weighted by Gasteiger charge is 2.29. The number of anilines is 3. The van der Waals surface area contributed by atoms with Crippen molar-refractivity contribution in [2.45, 2.75) is 0 Å². The lowest BCUT2D eigenvalue weighted by molar-refractivity contribution is 0.477. The topological polar surface area (TPSA) is 69.2 Å². The highest BCUT2D eigenvalue weighted by atomic mass is 16.5. The number of fused-ring (bicyclic) bond motifs is 8. The summed E-state index contributed by atoms with van der Waals surface area (Å²) in [6.45, 7) is 0. The summed E-state index contributed by atoms with van der Waals surface area (Å²) in [4.78, 5) is 17.3. The Morgan fingerprint density at radius 1 is 0.314 bits per heavy atom. The number of para-hydroxylation sites is 5. The second kappa shape index (κ2) is 16.0. The van der Waals surface area contributed by atoms with Crippen LogP contribution in [-0.4, -0.2) is 19.5 Å². The summed E-state index contributed by atoms with van der Waals surface area (Å²) in [6.07, 6.45) is 0. The predicted molar refractivity (Wildman–Crippen MR) is 283 cm³/mol. The predicted octanol–water partition coefficient (Wildman–Crippen LogP) is 16.8. The maximum absolute atomic E-state index is 6.71. The first-order chi connectivity index (χ1) is 34.7. The number of hydrogen-bond acceptors (Lipinski definition) is 6. The SMILES string of the molecule is c1ccc(-c2nc(-c3ccccc3)nc(-c3cccc(-n4c5ccccc5c5ccc(-c6cccc(-c7ccc8c(c7)Oc7ccccc7N8c7cccc8c7oc7ccccc78)c6)cc54)c3)n2)cc1. The van der Waals surface area contributed by atoms with Gasteiger partial charge in [0, 0.05) is 43.9 Å². The zero-order chi connectivity index (χ0) is 46.1. The van der Waals surface area contributed by atoms with Gasteiger partial charge in [-0.05, 0) is 89.0 Å². The Morgan fingerprint density at radius 3 is 1.66 bits per heavy atom. The molecule has 13 aromatic rings. The Labute approximate surface area is 402 Å². The third-order valence-corrected chi connectivity index (χ3v) is 13.4. The van der Waals surface area contributed by atoms with E-state index in [1.165, 1.54) is 10.8 Å². The molecule has 7 nitrogen and oxygen atoms in total. The zero-order valence-electron chi connectivity index (χ0n) is 37.6. The summed E-state index contributed by atoms with van der Waals surface area (Å²) in [5, 5.41) is 4.53. The van der Waals surface area contributed by atoms with Gasteiger partial charge in [-0.25, -0.2) is 15.0 Å². The Bertz CT molecular complexity index is 4120. The van der Waals surface area contributed by atoms with Crippen molar-refractivity contribution in [2.24, 2.45) is 0 Å². The molecule has 1 aliphatic rings.